The van der Waals surface area contributed by atoms with E-state index in [0.29, 0.717) is 6.54 Å². The van der Waals surface area contributed by atoms with Crippen LogP contribution in [0.5, 0.6) is 0 Å². The summed E-state index contributed by atoms with van der Waals surface area (Å²) in [7, 11) is 0. The van der Waals surface area contributed by atoms with Gasteiger partial charge in [-0.25, -0.2) is 0 Å². The number of thioether (sulfide) groups is 1. The van der Waals surface area contributed by atoms with E-state index in [-0.39, 0.29) is 11.2 Å². The molecule has 1 atom stereocenters. The second-order valence-corrected chi connectivity index (χ2v) is 6.30. The predicted molar refractivity (Wildman–Crippen MR) is 79.7 cm³/mol. The molecular formula is C13H15N3OS2. The van der Waals surface area contributed by atoms with Crippen molar-refractivity contribution in [3.05, 3.63) is 35.8 Å². The van der Waals surface area contributed by atoms with Crippen LogP contribution in [-0.4, -0.2) is 27.9 Å². The Labute approximate surface area is 120 Å². The Balaban J connectivity index is 2.08. The van der Waals surface area contributed by atoms with Crippen LogP contribution in [-0.2, 0) is 4.79 Å². The average molecular weight is 293 g/mol. The summed E-state index contributed by atoms with van der Waals surface area (Å²) in [6.07, 6.45) is 0. The molecule has 19 heavy (non-hydrogen) atoms. The van der Waals surface area contributed by atoms with Gasteiger partial charge < -0.3 is 4.90 Å². The quantitative estimate of drug-likeness (QED) is 0.795. The summed E-state index contributed by atoms with van der Waals surface area (Å²) in [6, 6.07) is 9.72. The number of carbonyl (C=O) groups excluding carboxylic acids is 1. The number of anilines is 1. The van der Waals surface area contributed by atoms with Crippen LogP contribution in [0.1, 0.15) is 13.8 Å². The van der Waals surface area contributed by atoms with Crippen LogP contribution in [0.25, 0.3) is 0 Å². The van der Waals surface area contributed by atoms with E-state index < -0.39 is 0 Å². The standard InChI is InChI=1S/C13H15N3OS2/c1-3-16(11-7-5-4-6-8-11)12(17)10(2)19-13-15-14-9-18-13/h4-10H,3H2,1-2H3. The van der Waals surface area contributed by atoms with Crippen molar-refractivity contribution in [2.24, 2.45) is 0 Å². The zero-order chi connectivity index (χ0) is 13.7. The molecule has 0 fully saturated rings. The Morgan fingerprint density at radius 3 is 2.74 bits per heavy atom. The van der Waals surface area contributed by atoms with E-state index in [4.69, 9.17) is 0 Å². The van der Waals surface area contributed by atoms with Crippen molar-refractivity contribution >= 4 is 34.7 Å². The molecule has 1 heterocycles. The maximum Gasteiger partial charge on any atom is 0.240 e. The van der Waals surface area contributed by atoms with Crippen molar-refractivity contribution in [3.63, 3.8) is 0 Å². The summed E-state index contributed by atoms with van der Waals surface area (Å²) >= 11 is 2.90. The van der Waals surface area contributed by atoms with Gasteiger partial charge in [-0.05, 0) is 26.0 Å². The van der Waals surface area contributed by atoms with E-state index in [9.17, 15) is 4.79 Å². The van der Waals surface area contributed by atoms with E-state index in [2.05, 4.69) is 10.2 Å². The van der Waals surface area contributed by atoms with Crippen molar-refractivity contribution in [2.75, 3.05) is 11.4 Å². The Morgan fingerprint density at radius 2 is 2.16 bits per heavy atom. The molecule has 6 heteroatoms. The van der Waals surface area contributed by atoms with Gasteiger partial charge in [-0.1, -0.05) is 41.3 Å². The van der Waals surface area contributed by atoms with E-state index in [0.717, 1.165) is 10.0 Å². The summed E-state index contributed by atoms with van der Waals surface area (Å²) in [6.45, 7) is 4.54. The summed E-state index contributed by atoms with van der Waals surface area (Å²) in [4.78, 5) is 14.3. The van der Waals surface area contributed by atoms with Gasteiger partial charge >= 0.3 is 0 Å². The summed E-state index contributed by atoms with van der Waals surface area (Å²) in [5.74, 6) is 0.0916. The van der Waals surface area contributed by atoms with Crippen LogP contribution >= 0.6 is 23.1 Å². The number of benzene rings is 1. The molecule has 0 saturated heterocycles. The molecule has 2 aromatic rings. The fourth-order valence-corrected chi connectivity index (χ4v) is 3.40. The predicted octanol–water partition coefficient (Wildman–Crippen LogP) is 3.07. The Bertz CT molecular complexity index is 516. The van der Waals surface area contributed by atoms with E-state index in [1.807, 2.05) is 44.2 Å². The largest absolute Gasteiger partial charge is 0.312 e. The van der Waals surface area contributed by atoms with Gasteiger partial charge in [0.15, 0.2) is 4.34 Å². The number of hydrogen-bond acceptors (Lipinski definition) is 5. The van der Waals surface area contributed by atoms with Crippen LogP contribution in [0.2, 0.25) is 0 Å². The lowest BCUT2D eigenvalue weighted by Gasteiger charge is -2.23. The highest BCUT2D eigenvalue weighted by atomic mass is 32.2. The van der Waals surface area contributed by atoms with Crippen LogP contribution in [0.3, 0.4) is 0 Å². The molecule has 1 aromatic heterocycles. The Kier molecular flexibility index (Phi) is 4.93. The molecule has 1 unspecified atom stereocenters. The van der Waals surface area contributed by atoms with Crippen LogP contribution in [0.15, 0.2) is 40.2 Å². The maximum absolute atomic E-state index is 12.5. The molecular weight excluding hydrogens is 278 g/mol. The monoisotopic (exact) mass is 293 g/mol. The average Bonchev–Trinajstić information content (AvgIpc) is 2.93. The van der Waals surface area contributed by atoms with Gasteiger partial charge in [0, 0.05) is 12.2 Å². The highest BCUT2D eigenvalue weighted by Gasteiger charge is 2.22. The molecule has 0 aliphatic carbocycles. The lowest BCUT2D eigenvalue weighted by Crippen LogP contribution is -2.36. The second kappa shape index (κ2) is 6.68. The summed E-state index contributed by atoms with van der Waals surface area (Å²) in [5.41, 5.74) is 2.61. The third-order valence-corrected chi connectivity index (χ3v) is 4.51. The number of rotatable bonds is 5. The first-order valence-corrected chi connectivity index (χ1v) is 7.77. The Morgan fingerprint density at radius 1 is 1.42 bits per heavy atom. The molecule has 0 bridgehead atoms. The van der Waals surface area contributed by atoms with E-state index in [1.165, 1.54) is 23.1 Å². The molecule has 0 N–H and O–H groups in total. The molecule has 0 aliphatic heterocycles. The lowest BCUT2D eigenvalue weighted by molar-refractivity contribution is -0.117. The minimum absolute atomic E-state index is 0.0916. The molecule has 0 aliphatic rings. The second-order valence-electron chi connectivity index (χ2n) is 3.88. The third kappa shape index (κ3) is 3.54. The fraction of sp³-hybridized carbons (Fsp3) is 0.308. The van der Waals surface area contributed by atoms with Gasteiger partial charge in [0.1, 0.15) is 5.51 Å². The summed E-state index contributed by atoms with van der Waals surface area (Å²) in [5, 5.41) is 7.56. The molecule has 0 spiro atoms. The fourth-order valence-electron chi connectivity index (χ4n) is 1.71. The normalized spacial score (nSPS) is 12.1. The lowest BCUT2D eigenvalue weighted by atomic mass is 10.2. The van der Waals surface area contributed by atoms with Gasteiger partial charge in [-0.15, -0.1) is 10.2 Å². The molecule has 2 rings (SSSR count). The van der Waals surface area contributed by atoms with Gasteiger partial charge in [-0.3, -0.25) is 4.79 Å². The molecule has 0 radical (unpaired) electrons. The third-order valence-electron chi connectivity index (χ3n) is 2.62. The highest BCUT2D eigenvalue weighted by Crippen LogP contribution is 2.26. The number of para-hydroxylation sites is 1. The maximum atomic E-state index is 12.5. The number of hydrogen-bond donors (Lipinski definition) is 0. The van der Waals surface area contributed by atoms with Crippen molar-refractivity contribution in [1.82, 2.24) is 10.2 Å². The topological polar surface area (TPSA) is 46.1 Å². The van der Waals surface area contributed by atoms with Gasteiger partial charge in [0.2, 0.25) is 5.91 Å². The minimum Gasteiger partial charge on any atom is -0.312 e. The number of nitrogens with zero attached hydrogens (tertiary/aromatic N) is 3. The highest BCUT2D eigenvalue weighted by molar-refractivity contribution is 8.02. The Hall–Kier alpha value is -1.40. The van der Waals surface area contributed by atoms with Crippen molar-refractivity contribution in [3.8, 4) is 0 Å². The number of amides is 1. The van der Waals surface area contributed by atoms with E-state index >= 15 is 0 Å². The van der Waals surface area contributed by atoms with Gasteiger partial charge in [0.05, 0.1) is 5.25 Å². The molecule has 100 valence electrons. The van der Waals surface area contributed by atoms with Crippen molar-refractivity contribution in [2.45, 2.75) is 23.4 Å². The van der Waals surface area contributed by atoms with E-state index in [1.54, 1.807) is 10.4 Å². The SMILES string of the molecule is CCN(C(=O)C(C)Sc1nncs1)c1ccccc1. The van der Waals surface area contributed by atoms with Crippen LogP contribution < -0.4 is 4.90 Å². The first kappa shape index (κ1) is 14.0. The number of aromatic nitrogens is 2. The zero-order valence-corrected chi connectivity index (χ0v) is 12.4. The zero-order valence-electron chi connectivity index (χ0n) is 10.8. The summed E-state index contributed by atoms with van der Waals surface area (Å²) < 4.78 is 0.824. The van der Waals surface area contributed by atoms with Crippen molar-refractivity contribution < 1.29 is 4.79 Å². The minimum atomic E-state index is -0.173. The molecule has 1 amide bonds. The number of carbonyl (C=O) groups is 1. The smallest absolute Gasteiger partial charge is 0.240 e. The van der Waals surface area contributed by atoms with Crippen LogP contribution in [0.4, 0.5) is 5.69 Å². The first-order valence-electron chi connectivity index (χ1n) is 6.01. The van der Waals surface area contributed by atoms with Crippen LogP contribution in [0, 0.1) is 0 Å². The van der Waals surface area contributed by atoms with Gasteiger partial charge in [-0.2, -0.15) is 0 Å². The van der Waals surface area contributed by atoms with Crippen molar-refractivity contribution in [1.29, 1.82) is 0 Å². The molecule has 0 saturated carbocycles. The van der Waals surface area contributed by atoms with Gasteiger partial charge in [0.25, 0.3) is 0 Å². The first-order chi connectivity index (χ1) is 9.22. The molecule has 4 nitrogen and oxygen atoms in total. The molecule has 1 aromatic carbocycles.